The first kappa shape index (κ1) is 17.1. The van der Waals surface area contributed by atoms with Crippen molar-refractivity contribution < 1.29 is 32.6 Å². The summed E-state index contributed by atoms with van der Waals surface area (Å²) in [6, 6.07) is -1.01. The fourth-order valence-corrected chi connectivity index (χ4v) is 3.39. The summed E-state index contributed by atoms with van der Waals surface area (Å²) in [5, 5.41) is 9.20. The number of halogens is 3. The lowest BCUT2D eigenvalue weighted by Crippen LogP contribution is -2.45. The number of hydrogen-bond acceptors (Lipinski definition) is 3. The fraction of sp³-hybridized carbons (Fsp3) is 0.857. The van der Waals surface area contributed by atoms with Gasteiger partial charge in [-0.3, -0.25) is 4.79 Å². The van der Waals surface area contributed by atoms with Crippen LogP contribution in [-0.2, 0) is 14.3 Å². The summed E-state index contributed by atoms with van der Waals surface area (Å²) >= 11 is 0. The Morgan fingerprint density at radius 2 is 1.91 bits per heavy atom. The molecule has 0 aromatic heterocycles. The van der Waals surface area contributed by atoms with Gasteiger partial charge in [-0.25, -0.2) is 4.79 Å². The van der Waals surface area contributed by atoms with Gasteiger partial charge >= 0.3 is 12.1 Å². The number of carboxylic acids is 1. The molecule has 5 nitrogen and oxygen atoms in total. The molecule has 0 radical (unpaired) electrons. The zero-order valence-corrected chi connectivity index (χ0v) is 12.3. The maximum Gasteiger partial charge on any atom is 0.391 e. The first-order valence-electron chi connectivity index (χ1n) is 7.36. The van der Waals surface area contributed by atoms with Gasteiger partial charge in [0.15, 0.2) is 0 Å². The average molecular weight is 323 g/mol. The molecular weight excluding hydrogens is 303 g/mol. The molecule has 1 N–H and O–H groups in total. The van der Waals surface area contributed by atoms with Gasteiger partial charge in [0.1, 0.15) is 6.04 Å². The molecule has 2 fully saturated rings. The molecule has 1 aliphatic carbocycles. The van der Waals surface area contributed by atoms with Crippen LogP contribution in [0.15, 0.2) is 0 Å². The van der Waals surface area contributed by atoms with Crippen molar-refractivity contribution in [2.75, 3.05) is 13.7 Å². The van der Waals surface area contributed by atoms with Crippen molar-refractivity contribution in [3.63, 3.8) is 0 Å². The molecule has 0 bridgehead atoms. The highest BCUT2D eigenvalue weighted by atomic mass is 19.4. The van der Waals surface area contributed by atoms with Crippen molar-refractivity contribution in [2.24, 2.45) is 11.8 Å². The summed E-state index contributed by atoms with van der Waals surface area (Å²) in [6.45, 7) is 0.124. The summed E-state index contributed by atoms with van der Waals surface area (Å²) in [5.74, 6) is -3.85. The minimum absolute atomic E-state index is 0.0380. The van der Waals surface area contributed by atoms with Gasteiger partial charge < -0.3 is 14.7 Å². The van der Waals surface area contributed by atoms with E-state index in [1.165, 1.54) is 12.0 Å². The van der Waals surface area contributed by atoms with Gasteiger partial charge in [-0.05, 0) is 19.3 Å². The van der Waals surface area contributed by atoms with E-state index in [-0.39, 0.29) is 31.9 Å². The van der Waals surface area contributed by atoms with E-state index in [1.54, 1.807) is 0 Å². The van der Waals surface area contributed by atoms with Crippen LogP contribution in [0.5, 0.6) is 0 Å². The van der Waals surface area contributed by atoms with E-state index in [4.69, 9.17) is 4.74 Å². The third-order valence-corrected chi connectivity index (χ3v) is 4.65. The van der Waals surface area contributed by atoms with Crippen molar-refractivity contribution in [1.82, 2.24) is 4.90 Å². The monoisotopic (exact) mass is 323 g/mol. The summed E-state index contributed by atoms with van der Waals surface area (Å²) in [5.41, 5.74) is 0. The molecule has 1 saturated carbocycles. The van der Waals surface area contributed by atoms with Crippen LogP contribution < -0.4 is 0 Å². The maximum absolute atomic E-state index is 12.8. The van der Waals surface area contributed by atoms with Crippen LogP contribution in [0.4, 0.5) is 13.2 Å². The van der Waals surface area contributed by atoms with Crippen LogP contribution in [0.3, 0.4) is 0 Å². The molecule has 1 amide bonds. The molecule has 2 rings (SSSR count). The molecule has 4 atom stereocenters. The van der Waals surface area contributed by atoms with Crippen LogP contribution in [0.25, 0.3) is 0 Å². The summed E-state index contributed by atoms with van der Waals surface area (Å²) in [4.78, 5) is 24.9. The smallest absolute Gasteiger partial charge is 0.391 e. The van der Waals surface area contributed by atoms with Gasteiger partial charge in [-0.15, -0.1) is 0 Å². The molecule has 0 aromatic carbocycles. The van der Waals surface area contributed by atoms with E-state index in [2.05, 4.69) is 0 Å². The Labute approximate surface area is 126 Å². The molecule has 8 heteroatoms. The van der Waals surface area contributed by atoms with Crippen molar-refractivity contribution in [3.05, 3.63) is 0 Å². The predicted octanol–water partition coefficient (Wildman–Crippen LogP) is 2.06. The number of alkyl halides is 3. The molecule has 1 saturated heterocycles. The number of carboxylic acid groups (broad SMARTS) is 1. The normalized spacial score (nSPS) is 33.0. The second-order valence-electron chi connectivity index (χ2n) is 6.04. The zero-order valence-electron chi connectivity index (χ0n) is 12.3. The van der Waals surface area contributed by atoms with Crippen LogP contribution >= 0.6 is 0 Å². The first-order chi connectivity index (χ1) is 10.2. The van der Waals surface area contributed by atoms with E-state index >= 15 is 0 Å². The molecular formula is C14H20F3NO4. The fourth-order valence-electron chi connectivity index (χ4n) is 3.39. The van der Waals surface area contributed by atoms with Crippen molar-refractivity contribution in [3.8, 4) is 0 Å². The number of carbonyl (C=O) groups is 2. The minimum atomic E-state index is -4.30. The average Bonchev–Trinajstić information content (AvgIpc) is 2.90. The van der Waals surface area contributed by atoms with Gasteiger partial charge in [-0.2, -0.15) is 13.2 Å². The number of methoxy groups -OCH3 is 1. The number of ether oxygens (including phenoxy) is 1. The Bertz CT molecular complexity index is 440. The number of amides is 1. The van der Waals surface area contributed by atoms with Gasteiger partial charge in [0.25, 0.3) is 0 Å². The highest BCUT2D eigenvalue weighted by molar-refractivity contribution is 5.86. The molecule has 1 aliphatic heterocycles. The minimum Gasteiger partial charge on any atom is -0.480 e. The largest absolute Gasteiger partial charge is 0.480 e. The Morgan fingerprint density at radius 3 is 2.45 bits per heavy atom. The Balaban J connectivity index is 2.08. The lowest BCUT2D eigenvalue weighted by atomic mass is 9.80. The highest BCUT2D eigenvalue weighted by Gasteiger charge is 2.47. The second kappa shape index (κ2) is 6.44. The van der Waals surface area contributed by atoms with Gasteiger partial charge in [0.05, 0.1) is 12.0 Å². The molecule has 2 aliphatic rings. The van der Waals surface area contributed by atoms with E-state index in [0.29, 0.717) is 12.8 Å². The van der Waals surface area contributed by atoms with E-state index in [9.17, 15) is 27.9 Å². The molecule has 0 aromatic rings. The number of aliphatic carboxylic acids is 1. The summed E-state index contributed by atoms with van der Waals surface area (Å²) < 4.78 is 43.6. The third-order valence-electron chi connectivity index (χ3n) is 4.65. The lowest BCUT2D eigenvalue weighted by molar-refractivity contribution is -0.187. The predicted molar refractivity (Wildman–Crippen MR) is 70.1 cm³/mol. The lowest BCUT2D eigenvalue weighted by Gasteiger charge is -2.33. The number of carbonyl (C=O) groups excluding carboxylic acids is 1. The quantitative estimate of drug-likeness (QED) is 0.863. The van der Waals surface area contributed by atoms with Crippen molar-refractivity contribution in [1.29, 1.82) is 0 Å². The van der Waals surface area contributed by atoms with Crippen molar-refractivity contribution in [2.45, 2.75) is 50.4 Å². The standard InChI is InChI=1S/C14H20F3NO4/c1-22-10-6-11(13(20)21)18(7-10)12(19)8-3-2-4-9(5-8)14(15,16)17/h8-11H,2-7H2,1H3,(H,20,21). The number of likely N-dealkylation sites (tertiary alicyclic amines) is 1. The topological polar surface area (TPSA) is 66.8 Å². The molecule has 1 heterocycles. The second-order valence-corrected chi connectivity index (χ2v) is 6.04. The maximum atomic E-state index is 12.8. The van der Waals surface area contributed by atoms with Gasteiger partial charge in [0.2, 0.25) is 5.91 Å². The Hall–Kier alpha value is -1.31. The highest BCUT2D eigenvalue weighted by Crippen LogP contribution is 2.41. The molecule has 22 heavy (non-hydrogen) atoms. The van der Waals surface area contributed by atoms with Crippen LogP contribution in [0.1, 0.15) is 32.1 Å². The summed E-state index contributed by atoms with van der Waals surface area (Å²) in [7, 11) is 1.43. The SMILES string of the molecule is COC1CC(C(=O)O)N(C(=O)C2CCCC(C(F)(F)F)C2)C1. The third kappa shape index (κ3) is 3.53. The van der Waals surface area contributed by atoms with Crippen LogP contribution in [0, 0.1) is 11.8 Å². The van der Waals surface area contributed by atoms with E-state index < -0.39 is 35.9 Å². The molecule has 0 spiro atoms. The van der Waals surface area contributed by atoms with Crippen LogP contribution in [0.2, 0.25) is 0 Å². The van der Waals surface area contributed by atoms with Gasteiger partial charge in [-0.1, -0.05) is 6.42 Å². The van der Waals surface area contributed by atoms with E-state index in [1.807, 2.05) is 0 Å². The summed E-state index contributed by atoms with van der Waals surface area (Å²) in [6.07, 6.45) is -4.00. The molecule has 4 unspecified atom stereocenters. The number of hydrogen-bond donors (Lipinski definition) is 1. The number of nitrogens with zero attached hydrogens (tertiary/aromatic N) is 1. The first-order valence-corrected chi connectivity index (χ1v) is 7.36. The number of rotatable bonds is 3. The van der Waals surface area contributed by atoms with E-state index in [0.717, 1.165) is 0 Å². The van der Waals surface area contributed by atoms with Crippen molar-refractivity contribution >= 4 is 11.9 Å². The van der Waals surface area contributed by atoms with Gasteiger partial charge in [0, 0.05) is 26.0 Å². The zero-order chi connectivity index (χ0) is 16.5. The Kier molecular flexibility index (Phi) is 4.99. The van der Waals surface area contributed by atoms with Crippen LogP contribution in [-0.4, -0.2) is 53.9 Å². The Morgan fingerprint density at radius 1 is 1.23 bits per heavy atom. The molecule has 126 valence electrons.